The molecule has 1 saturated carbocycles. The third-order valence-electron chi connectivity index (χ3n) is 2.92. The van der Waals surface area contributed by atoms with E-state index in [4.69, 9.17) is 5.11 Å². The summed E-state index contributed by atoms with van der Waals surface area (Å²) in [5.74, 6) is -0.131. The van der Waals surface area contributed by atoms with E-state index in [0.717, 1.165) is 17.2 Å². The van der Waals surface area contributed by atoms with Crippen LogP contribution >= 0.6 is 0 Å². The van der Waals surface area contributed by atoms with Gasteiger partial charge in [-0.3, -0.25) is 0 Å². The molecule has 2 atom stereocenters. The van der Waals surface area contributed by atoms with Crippen molar-refractivity contribution >= 4 is 11.7 Å². The molecule has 80 valence electrons. The number of hydrogen-bond donors (Lipinski definition) is 2. The highest BCUT2D eigenvalue weighted by Crippen LogP contribution is 2.33. The number of aryl methyl sites for hydroxylation is 1. The van der Waals surface area contributed by atoms with Crippen LogP contribution in [-0.2, 0) is 0 Å². The Balaban J connectivity index is 2.15. The van der Waals surface area contributed by atoms with Gasteiger partial charge in [-0.05, 0) is 43.0 Å². The van der Waals surface area contributed by atoms with Gasteiger partial charge in [0.25, 0.3) is 0 Å². The molecule has 3 heteroatoms. The number of benzene rings is 1. The quantitative estimate of drug-likeness (QED) is 0.797. The number of hydrogen-bond acceptors (Lipinski definition) is 2. The van der Waals surface area contributed by atoms with E-state index >= 15 is 0 Å². The number of aromatic carboxylic acids is 1. The molecule has 2 unspecified atom stereocenters. The van der Waals surface area contributed by atoms with Crippen LogP contribution in [-0.4, -0.2) is 17.1 Å². The van der Waals surface area contributed by atoms with Crippen molar-refractivity contribution < 1.29 is 9.90 Å². The summed E-state index contributed by atoms with van der Waals surface area (Å²) in [6.45, 7) is 4.14. The average molecular weight is 205 g/mol. The summed E-state index contributed by atoms with van der Waals surface area (Å²) in [5.41, 5.74) is 2.39. The minimum atomic E-state index is -0.871. The standard InChI is InChI=1S/C12H15NO2/c1-7-5-9(12(14)15)3-4-10(7)13-11-6-8(11)2/h3-5,8,11,13H,6H2,1-2H3,(H,14,15). The molecule has 2 rings (SSSR count). The Bertz CT molecular complexity index is 401. The zero-order valence-corrected chi connectivity index (χ0v) is 8.95. The van der Waals surface area contributed by atoms with Crippen LogP contribution in [0.2, 0.25) is 0 Å². The zero-order valence-electron chi connectivity index (χ0n) is 8.95. The van der Waals surface area contributed by atoms with Gasteiger partial charge < -0.3 is 10.4 Å². The molecule has 0 aromatic heterocycles. The third kappa shape index (κ3) is 2.12. The van der Waals surface area contributed by atoms with Gasteiger partial charge in [0.15, 0.2) is 0 Å². The fourth-order valence-corrected chi connectivity index (χ4v) is 1.68. The first kappa shape index (κ1) is 10.0. The first-order chi connectivity index (χ1) is 7.08. The molecule has 1 aromatic rings. The number of carboxylic acids is 1. The van der Waals surface area contributed by atoms with Gasteiger partial charge in [-0.1, -0.05) is 6.92 Å². The van der Waals surface area contributed by atoms with Crippen LogP contribution in [0.1, 0.15) is 29.3 Å². The van der Waals surface area contributed by atoms with E-state index in [1.54, 1.807) is 12.1 Å². The highest BCUT2D eigenvalue weighted by molar-refractivity contribution is 5.88. The number of carbonyl (C=O) groups is 1. The molecule has 15 heavy (non-hydrogen) atoms. The summed E-state index contributed by atoms with van der Waals surface area (Å²) >= 11 is 0. The highest BCUT2D eigenvalue weighted by atomic mass is 16.4. The van der Waals surface area contributed by atoms with Crippen LogP contribution in [0.4, 0.5) is 5.69 Å². The summed E-state index contributed by atoms with van der Waals surface area (Å²) in [6, 6.07) is 5.77. The van der Waals surface area contributed by atoms with Crippen molar-refractivity contribution in [3.63, 3.8) is 0 Å². The predicted octanol–water partition coefficient (Wildman–Crippen LogP) is 2.51. The Labute approximate surface area is 89.1 Å². The second-order valence-corrected chi connectivity index (χ2v) is 4.30. The lowest BCUT2D eigenvalue weighted by atomic mass is 10.1. The molecule has 0 aliphatic heterocycles. The molecule has 0 amide bonds. The summed E-state index contributed by atoms with van der Waals surface area (Å²) in [6.07, 6.45) is 1.21. The lowest BCUT2D eigenvalue weighted by molar-refractivity contribution is 0.0697. The normalized spacial score (nSPS) is 23.6. The molecule has 3 nitrogen and oxygen atoms in total. The van der Waals surface area contributed by atoms with Crippen LogP contribution in [0.3, 0.4) is 0 Å². The van der Waals surface area contributed by atoms with Crippen molar-refractivity contribution in [1.82, 2.24) is 0 Å². The summed E-state index contributed by atoms with van der Waals surface area (Å²) in [4.78, 5) is 10.7. The molecule has 2 N–H and O–H groups in total. The van der Waals surface area contributed by atoms with Gasteiger partial charge in [-0.15, -0.1) is 0 Å². The van der Waals surface area contributed by atoms with Gasteiger partial charge in [0.05, 0.1) is 5.56 Å². The Hall–Kier alpha value is -1.51. The van der Waals surface area contributed by atoms with Gasteiger partial charge >= 0.3 is 5.97 Å². The summed E-state index contributed by atoms with van der Waals surface area (Å²) in [7, 11) is 0. The van der Waals surface area contributed by atoms with E-state index in [9.17, 15) is 4.79 Å². The molecule has 1 aromatic carbocycles. The van der Waals surface area contributed by atoms with E-state index in [-0.39, 0.29) is 0 Å². The number of rotatable bonds is 3. The molecular weight excluding hydrogens is 190 g/mol. The monoisotopic (exact) mass is 205 g/mol. The van der Waals surface area contributed by atoms with Crippen molar-refractivity contribution in [1.29, 1.82) is 0 Å². The van der Waals surface area contributed by atoms with Crippen molar-refractivity contribution in [2.75, 3.05) is 5.32 Å². The van der Waals surface area contributed by atoms with Crippen molar-refractivity contribution in [3.8, 4) is 0 Å². The molecule has 1 aliphatic carbocycles. The number of anilines is 1. The van der Waals surface area contributed by atoms with Crippen LogP contribution in [0.25, 0.3) is 0 Å². The SMILES string of the molecule is Cc1cc(C(=O)O)ccc1NC1CC1C. The van der Waals surface area contributed by atoms with Gasteiger partial charge in [0.2, 0.25) is 0 Å². The highest BCUT2D eigenvalue weighted by Gasteiger charge is 2.32. The van der Waals surface area contributed by atoms with Gasteiger partial charge in [-0.25, -0.2) is 4.79 Å². The van der Waals surface area contributed by atoms with E-state index in [1.165, 1.54) is 6.42 Å². The largest absolute Gasteiger partial charge is 0.478 e. The minimum Gasteiger partial charge on any atom is -0.478 e. The second kappa shape index (κ2) is 3.57. The van der Waals surface area contributed by atoms with E-state index in [2.05, 4.69) is 12.2 Å². The van der Waals surface area contributed by atoms with E-state index in [0.29, 0.717) is 11.6 Å². The Morgan fingerprint density at radius 2 is 2.20 bits per heavy atom. The van der Waals surface area contributed by atoms with Crippen molar-refractivity contribution in [2.24, 2.45) is 5.92 Å². The maximum atomic E-state index is 10.7. The van der Waals surface area contributed by atoms with Gasteiger partial charge in [0, 0.05) is 11.7 Å². The molecule has 1 fully saturated rings. The van der Waals surface area contributed by atoms with Crippen LogP contribution < -0.4 is 5.32 Å². The van der Waals surface area contributed by atoms with E-state index < -0.39 is 5.97 Å². The Morgan fingerprint density at radius 3 is 2.67 bits per heavy atom. The topological polar surface area (TPSA) is 49.3 Å². The molecule has 0 saturated heterocycles. The number of carboxylic acid groups (broad SMARTS) is 1. The molecule has 0 bridgehead atoms. The smallest absolute Gasteiger partial charge is 0.335 e. The van der Waals surface area contributed by atoms with Crippen molar-refractivity contribution in [2.45, 2.75) is 26.3 Å². The Morgan fingerprint density at radius 1 is 1.53 bits per heavy atom. The van der Waals surface area contributed by atoms with Crippen molar-refractivity contribution in [3.05, 3.63) is 29.3 Å². The molecule has 0 heterocycles. The Kier molecular flexibility index (Phi) is 2.39. The molecule has 1 aliphatic rings. The molecular formula is C12H15NO2. The van der Waals surface area contributed by atoms with Crippen LogP contribution in [0, 0.1) is 12.8 Å². The van der Waals surface area contributed by atoms with E-state index in [1.807, 2.05) is 13.0 Å². The first-order valence-corrected chi connectivity index (χ1v) is 5.18. The minimum absolute atomic E-state index is 0.349. The first-order valence-electron chi connectivity index (χ1n) is 5.18. The molecule has 0 radical (unpaired) electrons. The molecule has 0 spiro atoms. The van der Waals surface area contributed by atoms with Crippen LogP contribution in [0.15, 0.2) is 18.2 Å². The second-order valence-electron chi connectivity index (χ2n) is 4.30. The lowest BCUT2D eigenvalue weighted by Gasteiger charge is -2.09. The summed E-state index contributed by atoms with van der Waals surface area (Å²) < 4.78 is 0. The maximum Gasteiger partial charge on any atom is 0.335 e. The van der Waals surface area contributed by atoms with Gasteiger partial charge in [0.1, 0.15) is 0 Å². The average Bonchev–Trinajstić information content (AvgIpc) is 2.85. The van der Waals surface area contributed by atoms with Crippen LogP contribution in [0.5, 0.6) is 0 Å². The lowest BCUT2D eigenvalue weighted by Crippen LogP contribution is -2.06. The summed E-state index contributed by atoms with van der Waals surface area (Å²) in [5, 5.41) is 12.2. The van der Waals surface area contributed by atoms with Gasteiger partial charge in [-0.2, -0.15) is 0 Å². The predicted molar refractivity (Wildman–Crippen MR) is 59.3 cm³/mol. The number of nitrogens with one attached hydrogen (secondary N) is 1. The fraction of sp³-hybridized carbons (Fsp3) is 0.417. The maximum absolute atomic E-state index is 10.7. The third-order valence-corrected chi connectivity index (χ3v) is 2.92. The zero-order chi connectivity index (χ0) is 11.0. The fourth-order valence-electron chi connectivity index (χ4n) is 1.68.